The molecule has 162 valence electrons. The fourth-order valence-electron chi connectivity index (χ4n) is 3.03. The summed E-state index contributed by atoms with van der Waals surface area (Å²) in [6.07, 6.45) is 0. The zero-order valence-electron chi connectivity index (χ0n) is 17.9. The van der Waals surface area contributed by atoms with E-state index in [0.29, 0.717) is 22.1 Å². The molecule has 0 radical (unpaired) electrons. The Hall–Kier alpha value is -2.45. The van der Waals surface area contributed by atoms with Gasteiger partial charge in [-0.15, -0.1) is 10.2 Å². The molecule has 1 N–H and O–H groups in total. The molecule has 6 nitrogen and oxygen atoms in total. The molecular weight excluding hydrogens is 476 g/mol. The van der Waals surface area contributed by atoms with Gasteiger partial charge in [0, 0.05) is 22.6 Å². The van der Waals surface area contributed by atoms with Gasteiger partial charge >= 0.3 is 0 Å². The van der Waals surface area contributed by atoms with E-state index in [1.54, 1.807) is 12.1 Å². The third kappa shape index (κ3) is 5.83. The van der Waals surface area contributed by atoms with Crippen molar-refractivity contribution in [1.82, 2.24) is 20.1 Å². The molecule has 0 aliphatic carbocycles. The van der Waals surface area contributed by atoms with Crippen LogP contribution in [0.1, 0.15) is 52.0 Å². The minimum atomic E-state index is -0.303. The highest BCUT2D eigenvalue weighted by Crippen LogP contribution is 2.25. The van der Waals surface area contributed by atoms with Crippen LogP contribution < -0.4 is 5.32 Å². The van der Waals surface area contributed by atoms with Crippen LogP contribution >= 0.6 is 27.7 Å². The van der Waals surface area contributed by atoms with E-state index in [-0.39, 0.29) is 29.4 Å². The van der Waals surface area contributed by atoms with Crippen LogP contribution in [0.25, 0.3) is 0 Å². The van der Waals surface area contributed by atoms with Gasteiger partial charge in [0.1, 0.15) is 0 Å². The van der Waals surface area contributed by atoms with Crippen LogP contribution in [0.4, 0.5) is 0 Å². The SMILES string of the molecule is Cc1ccc(C(=O)N[C@@H](c2nnc(SCC(=O)c3ccc(Br)cc3)n2C)C(C)C)cc1. The van der Waals surface area contributed by atoms with E-state index < -0.39 is 0 Å². The molecule has 1 heterocycles. The van der Waals surface area contributed by atoms with Gasteiger partial charge in [-0.3, -0.25) is 9.59 Å². The Labute approximate surface area is 195 Å². The molecular formula is C23H25BrN4O2S. The maximum Gasteiger partial charge on any atom is 0.251 e. The first-order chi connectivity index (χ1) is 14.8. The highest BCUT2D eigenvalue weighted by Gasteiger charge is 2.25. The van der Waals surface area contributed by atoms with Crippen LogP contribution in [0.2, 0.25) is 0 Å². The number of hydrogen-bond donors (Lipinski definition) is 1. The second-order valence-electron chi connectivity index (χ2n) is 7.68. The third-order valence-electron chi connectivity index (χ3n) is 4.91. The van der Waals surface area contributed by atoms with E-state index in [9.17, 15) is 9.59 Å². The molecule has 0 saturated heterocycles. The summed E-state index contributed by atoms with van der Waals surface area (Å²) < 4.78 is 2.78. The number of nitrogens with one attached hydrogen (secondary N) is 1. The van der Waals surface area contributed by atoms with Gasteiger partial charge < -0.3 is 9.88 Å². The van der Waals surface area contributed by atoms with Crippen LogP contribution in [0.15, 0.2) is 58.2 Å². The first-order valence-electron chi connectivity index (χ1n) is 9.94. The Bertz CT molecular complexity index is 1060. The summed E-state index contributed by atoms with van der Waals surface area (Å²) in [7, 11) is 1.86. The van der Waals surface area contributed by atoms with E-state index in [2.05, 4.69) is 31.4 Å². The second kappa shape index (κ2) is 10.2. The monoisotopic (exact) mass is 500 g/mol. The zero-order valence-corrected chi connectivity index (χ0v) is 20.3. The highest BCUT2D eigenvalue weighted by molar-refractivity contribution is 9.10. The molecule has 3 rings (SSSR count). The van der Waals surface area contributed by atoms with Gasteiger partial charge in [-0.25, -0.2) is 0 Å². The summed E-state index contributed by atoms with van der Waals surface area (Å²) >= 11 is 4.71. The Balaban J connectivity index is 1.71. The Kier molecular flexibility index (Phi) is 7.67. The molecule has 2 aromatic carbocycles. The van der Waals surface area contributed by atoms with Crippen molar-refractivity contribution in [3.63, 3.8) is 0 Å². The Morgan fingerprint density at radius 3 is 2.26 bits per heavy atom. The van der Waals surface area contributed by atoms with E-state index in [0.717, 1.165) is 10.0 Å². The highest BCUT2D eigenvalue weighted by atomic mass is 79.9. The van der Waals surface area contributed by atoms with Crippen LogP contribution in [-0.4, -0.2) is 32.2 Å². The molecule has 1 aromatic heterocycles. The zero-order chi connectivity index (χ0) is 22.5. The Morgan fingerprint density at radius 1 is 1.03 bits per heavy atom. The molecule has 8 heteroatoms. The van der Waals surface area contributed by atoms with E-state index in [1.807, 2.05) is 68.8 Å². The summed E-state index contributed by atoms with van der Waals surface area (Å²) in [5.74, 6) is 0.903. The lowest BCUT2D eigenvalue weighted by atomic mass is 10.0. The second-order valence-corrected chi connectivity index (χ2v) is 9.54. The summed E-state index contributed by atoms with van der Waals surface area (Å²) in [5, 5.41) is 12.3. The molecule has 0 spiro atoms. The molecule has 0 aliphatic rings. The van der Waals surface area contributed by atoms with E-state index in [1.165, 1.54) is 11.8 Å². The number of aromatic nitrogens is 3. The van der Waals surface area contributed by atoms with Crippen LogP contribution in [-0.2, 0) is 7.05 Å². The average Bonchev–Trinajstić information content (AvgIpc) is 3.11. The molecule has 0 fully saturated rings. The van der Waals surface area contributed by atoms with E-state index in [4.69, 9.17) is 0 Å². The van der Waals surface area contributed by atoms with Gasteiger partial charge in [-0.2, -0.15) is 0 Å². The fourth-order valence-corrected chi connectivity index (χ4v) is 4.11. The number of amides is 1. The van der Waals surface area contributed by atoms with Gasteiger partial charge in [0.25, 0.3) is 5.91 Å². The predicted molar refractivity (Wildman–Crippen MR) is 126 cm³/mol. The number of carbonyl (C=O) groups is 2. The number of benzene rings is 2. The van der Waals surface area contributed by atoms with Crippen LogP contribution in [0, 0.1) is 12.8 Å². The summed E-state index contributed by atoms with van der Waals surface area (Å²) in [4.78, 5) is 25.2. The van der Waals surface area contributed by atoms with Crippen molar-refractivity contribution >= 4 is 39.4 Å². The topological polar surface area (TPSA) is 76.9 Å². The smallest absolute Gasteiger partial charge is 0.251 e. The fraction of sp³-hybridized carbons (Fsp3) is 0.304. The summed E-state index contributed by atoms with van der Waals surface area (Å²) in [6, 6.07) is 14.4. The first-order valence-corrected chi connectivity index (χ1v) is 11.7. The predicted octanol–water partition coefficient (Wildman–Crippen LogP) is 4.99. The minimum absolute atomic E-state index is 0.0233. The third-order valence-corrected chi connectivity index (χ3v) is 6.46. The van der Waals surface area contributed by atoms with Crippen LogP contribution in [0.5, 0.6) is 0 Å². The number of halogens is 1. The lowest BCUT2D eigenvalue weighted by molar-refractivity contribution is 0.0921. The largest absolute Gasteiger partial charge is 0.342 e. The van der Waals surface area contributed by atoms with E-state index >= 15 is 0 Å². The Morgan fingerprint density at radius 2 is 1.65 bits per heavy atom. The van der Waals surface area contributed by atoms with Gasteiger partial charge in [-0.05, 0) is 37.1 Å². The maximum absolute atomic E-state index is 12.7. The van der Waals surface area contributed by atoms with Gasteiger partial charge in [0.15, 0.2) is 16.8 Å². The normalized spacial score (nSPS) is 12.1. The van der Waals surface area contributed by atoms with Crippen molar-refractivity contribution in [3.05, 3.63) is 75.5 Å². The summed E-state index contributed by atoms with van der Waals surface area (Å²) in [6.45, 7) is 6.04. The number of carbonyl (C=O) groups excluding carboxylic acids is 2. The number of Topliss-reactive ketones (excluding diaryl/α,β-unsaturated/α-hetero) is 1. The standard InChI is InChI=1S/C23H25BrN4O2S/c1-14(2)20(25-22(30)17-7-5-15(3)6-8-17)21-26-27-23(28(21)4)31-13-19(29)16-9-11-18(24)12-10-16/h5-12,14,20H,13H2,1-4H3,(H,25,30)/t20-/m1/s1. The van der Waals surface area contributed by atoms with Gasteiger partial charge in [0.05, 0.1) is 11.8 Å². The molecule has 31 heavy (non-hydrogen) atoms. The lowest BCUT2D eigenvalue weighted by Crippen LogP contribution is -2.33. The average molecular weight is 501 g/mol. The molecule has 1 atom stereocenters. The molecule has 0 aliphatic heterocycles. The van der Waals surface area contributed by atoms with Crippen molar-refractivity contribution in [2.75, 3.05) is 5.75 Å². The number of thioether (sulfide) groups is 1. The molecule has 0 saturated carbocycles. The number of rotatable bonds is 8. The number of aryl methyl sites for hydroxylation is 1. The quantitative estimate of drug-likeness (QED) is 0.348. The van der Waals surface area contributed by atoms with Gasteiger partial charge in [0.2, 0.25) is 0 Å². The number of ketones is 1. The lowest BCUT2D eigenvalue weighted by Gasteiger charge is -2.21. The molecule has 1 amide bonds. The molecule has 3 aromatic rings. The van der Waals surface area contributed by atoms with Crippen LogP contribution in [0.3, 0.4) is 0 Å². The number of nitrogens with zero attached hydrogens (tertiary/aromatic N) is 3. The minimum Gasteiger partial charge on any atom is -0.342 e. The van der Waals surface area contributed by atoms with Crippen molar-refractivity contribution in [1.29, 1.82) is 0 Å². The van der Waals surface area contributed by atoms with Crippen molar-refractivity contribution in [2.24, 2.45) is 13.0 Å². The van der Waals surface area contributed by atoms with Crippen molar-refractivity contribution < 1.29 is 9.59 Å². The maximum atomic E-state index is 12.7. The number of hydrogen-bond acceptors (Lipinski definition) is 5. The van der Waals surface area contributed by atoms with Crippen molar-refractivity contribution in [3.8, 4) is 0 Å². The molecule has 0 unspecified atom stereocenters. The summed E-state index contributed by atoms with van der Waals surface area (Å²) in [5.41, 5.74) is 2.36. The molecule has 0 bridgehead atoms. The van der Waals surface area contributed by atoms with Gasteiger partial charge in [-0.1, -0.05) is 71.4 Å². The first kappa shape index (κ1) is 23.2. The van der Waals surface area contributed by atoms with Crippen molar-refractivity contribution in [2.45, 2.75) is 32.0 Å².